The zero-order chi connectivity index (χ0) is 31.9. The molecule has 14 nitrogen and oxygen atoms in total. The molecule has 1 aliphatic carbocycles. The van der Waals surface area contributed by atoms with Gasteiger partial charge in [-0.05, 0) is 65.9 Å². The van der Waals surface area contributed by atoms with Crippen LogP contribution in [-0.4, -0.2) is 88.8 Å². The summed E-state index contributed by atoms with van der Waals surface area (Å²) in [7, 11) is 0. The van der Waals surface area contributed by atoms with E-state index < -0.39 is 64.5 Å². The van der Waals surface area contributed by atoms with E-state index in [0.29, 0.717) is 16.0 Å². The highest BCUT2D eigenvalue weighted by atomic mass is 79.9. The van der Waals surface area contributed by atoms with Gasteiger partial charge in [0.25, 0.3) is 0 Å². The number of ether oxygens (including phenoxy) is 1. The number of carbonyl (C=O) groups is 4. The number of aromatic nitrogens is 5. The van der Waals surface area contributed by atoms with Gasteiger partial charge in [0.2, 0.25) is 17.6 Å². The average molecular weight is 662 g/mol. The summed E-state index contributed by atoms with van der Waals surface area (Å²) in [6.45, 7) is 14.2. The van der Waals surface area contributed by atoms with Crippen molar-refractivity contribution in [2.24, 2.45) is 11.3 Å². The van der Waals surface area contributed by atoms with Gasteiger partial charge in [-0.1, -0.05) is 26.8 Å². The minimum Gasteiger partial charge on any atom is -0.479 e. The number of carbonyl (C=O) groups excluding carboxylic acids is 3. The van der Waals surface area contributed by atoms with Crippen molar-refractivity contribution in [1.29, 1.82) is 0 Å². The van der Waals surface area contributed by atoms with Crippen LogP contribution in [0.1, 0.15) is 60.4 Å². The van der Waals surface area contributed by atoms with Gasteiger partial charge >= 0.3 is 12.1 Å². The second-order valence-corrected chi connectivity index (χ2v) is 13.8. The lowest BCUT2D eigenvalue weighted by Gasteiger charge is -2.36. The molecule has 5 unspecified atom stereocenters. The molecule has 232 valence electrons. The van der Waals surface area contributed by atoms with Crippen LogP contribution in [0, 0.1) is 11.3 Å². The molecule has 3 amide bonds. The number of likely N-dealkylation sites (tertiary alicyclic amines) is 1. The predicted octanol–water partition coefficient (Wildman–Crippen LogP) is 2.72. The summed E-state index contributed by atoms with van der Waals surface area (Å²) in [4.78, 5) is 59.5. The van der Waals surface area contributed by atoms with E-state index in [1.807, 2.05) is 0 Å². The first-order valence-electron chi connectivity index (χ1n) is 13.8. The van der Waals surface area contributed by atoms with Gasteiger partial charge in [0.1, 0.15) is 27.8 Å². The van der Waals surface area contributed by atoms with E-state index in [2.05, 4.69) is 53.5 Å². The molecule has 0 aromatic carbocycles. The summed E-state index contributed by atoms with van der Waals surface area (Å²) in [5.74, 6) is -2.45. The molecule has 5 atom stereocenters. The Morgan fingerprint density at radius 3 is 2.49 bits per heavy atom. The minimum absolute atomic E-state index is 0.0142. The summed E-state index contributed by atoms with van der Waals surface area (Å²) < 4.78 is 5.99. The van der Waals surface area contributed by atoms with Gasteiger partial charge in [-0.25, -0.2) is 14.6 Å². The molecule has 2 aromatic rings. The van der Waals surface area contributed by atoms with Gasteiger partial charge in [0.15, 0.2) is 0 Å². The third-order valence-corrected chi connectivity index (χ3v) is 7.84. The molecule has 1 saturated heterocycles. The summed E-state index contributed by atoms with van der Waals surface area (Å²) in [5, 5.41) is 28.0. The average Bonchev–Trinajstić information content (AvgIpc) is 3.22. The molecule has 3 heterocycles. The molecular formula is C28H37BrN8O6. The summed E-state index contributed by atoms with van der Waals surface area (Å²) in [6, 6.07) is 0.744. The number of halogens is 1. The Hall–Kier alpha value is -3.88. The number of tetrazole rings is 1. The number of aliphatic carboxylic acids is 1. The third-order valence-electron chi connectivity index (χ3n) is 7.41. The van der Waals surface area contributed by atoms with Crippen LogP contribution < -0.4 is 10.6 Å². The SMILES string of the molecule is C=CC1CC1(NC(=O)C1CC(n2nnc(-c3ccnc(Br)c3)n2)CN1C(=O)C(NC(=O)OC(C)(C)C)C(C)(C)C)C(=O)O. The number of amides is 3. The van der Waals surface area contributed by atoms with E-state index in [1.165, 1.54) is 15.8 Å². The van der Waals surface area contributed by atoms with E-state index in [0.717, 1.165) is 0 Å². The highest BCUT2D eigenvalue weighted by molar-refractivity contribution is 9.10. The number of hydrogen-bond acceptors (Lipinski definition) is 9. The van der Waals surface area contributed by atoms with Crippen LogP contribution >= 0.6 is 15.9 Å². The summed E-state index contributed by atoms with van der Waals surface area (Å²) in [5.41, 5.74) is -2.39. The van der Waals surface area contributed by atoms with Gasteiger partial charge in [0, 0.05) is 30.6 Å². The maximum atomic E-state index is 14.2. The molecule has 0 bridgehead atoms. The first-order valence-corrected chi connectivity index (χ1v) is 14.6. The smallest absolute Gasteiger partial charge is 0.408 e. The fraction of sp³-hybridized carbons (Fsp3) is 0.571. The number of alkyl carbamates (subject to hydrolysis) is 1. The highest BCUT2D eigenvalue weighted by Crippen LogP contribution is 2.45. The largest absolute Gasteiger partial charge is 0.479 e. The summed E-state index contributed by atoms with van der Waals surface area (Å²) >= 11 is 3.32. The Labute approximate surface area is 257 Å². The fourth-order valence-electron chi connectivity index (χ4n) is 5.07. The van der Waals surface area contributed by atoms with E-state index >= 15 is 0 Å². The standard InChI is InChI=1S/C28H37BrN8O6/c1-8-16-13-28(16,24(40)41)32-22(38)18-12-17(37-34-21(33-35-37)15-9-10-30-19(29)11-15)14-36(18)23(39)20(26(2,3)4)31-25(42)43-27(5,6)7/h8-11,16-18,20H,1,12-14H2,2-7H3,(H,31,42)(H,32,38)(H,40,41). The number of rotatable bonds is 8. The van der Waals surface area contributed by atoms with Crippen LogP contribution in [0.4, 0.5) is 4.79 Å². The van der Waals surface area contributed by atoms with Crippen molar-refractivity contribution in [1.82, 2.24) is 40.7 Å². The van der Waals surface area contributed by atoms with Gasteiger partial charge in [0.05, 0.1) is 6.04 Å². The monoisotopic (exact) mass is 660 g/mol. The number of hydrogen-bond donors (Lipinski definition) is 3. The molecule has 43 heavy (non-hydrogen) atoms. The van der Waals surface area contributed by atoms with Crippen molar-refractivity contribution in [3.05, 3.63) is 35.6 Å². The Kier molecular flexibility index (Phi) is 8.69. The number of nitrogens with zero attached hydrogens (tertiary/aromatic N) is 6. The third kappa shape index (κ3) is 7.03. The molecule has 3 N–H and O–H groups in total. The van der Waals surface area contributed by atoms with Gasteiger partial charge < -0.3 is 25.4 Å². The molecule has 2 aromatic heterocycles. The Bertz CT molecular complexity index is 1430. The molecule has 2 fully saturated rings. The van der Waals surface area contributed by atoms with Crippen molar-refractivity contribution < 1.29 is 29.0 Å². The fourth-order valence-corrected chi connectivity index (χ4v) is 5.43. The lowest BCUT2D eigenvalue weighted by Crippen LogP contribution is -2.59. The lowest BCUT2D eigenvalue weighted by atomic mass is 9.85. The van der Waals surface area contributed by atoms with Crippen molar-refractivity contribution >= 4 is 39.8 Å². The van der Waals surface area contributed by atoms with Crippen molar-refractivity contribution in [3.8, 4) is 11.4 Å². The molecule has 2 aliphatic rings. The maximum Gasteiger partial charge on any atom is 0.408 e. The van der Waals surface area contributed by atoms with E-state index in [4.69, 9.17) is 4.74 Å². The van der Waals surface area contributed by atoms with Gasteiger partial charge in [-0.3, -0.25) is 9.59 Å². The molecule has 0 spiro atoms. The predicted molar refractivity (Wildman–Crippen MR) is 157 cm³/mol. The molecular weight excluding hydrogens is 624 g/mol. The van der Waals surface area contributed by atoms with E-state index in [-0.39, 0.29) is 19.4 Å². The first kappa shape index (κ1) is 32.0. The van der Waals surface area contributed by atoms with Crippen LogP contribution in [0.15, 0.2) is 35.6 Å². The van der Waals surface area contributed by atoms with Crippen LogP contribution in [0.2, 0.25) is 0 Å². The van der Waals surface area contributed by atoms with E-state index in [1.54, 1.807) is 59.9 Å². The first-order chi connectivity index (χ1) is 19.9. The Morgan fingerprint density at radius 1 is 1.23 bits per heavy atom. The Balaban J connectivity index is 1.65. The van der Waals surface area contributed by atoms with Crippen LogP contribution in [0.5, 0.6) is 0 Å². The molecule has 1 aliphatic heterocycles. The second-order valence-electron chi connectivity index (χ2n) is 13.0. The number of carboxylic acid groups (broad SMARTS) is 1. The topological polar surface area (TPSA) is 182 Å². The maximum absolute atomic E-state index is 14.2. The molecule has 0 radical (unpaired) electrons. The van der Waals surface area contributed by atoms with Crippen LogP contribution in [-0.2, 0) is 19.1 Å². The van der Waals surface area contributed by atoms with Crippen molar-refractivity contribution in [3.63, 3.8) is 0 Å². The summed E-state index contributed by atoms with van der Waals surface area (Å²) in [6.07, 6.45) is 2.59. The quantitative estimate of drug-likeness (QED) is 0.281. The van der Waals surface area contributed by atoms with Crippen LogP contribution in [0.25, 0.3) is 11.4 Å². The number of carboxylic acids is 1. The highest BCUT2D eigenvalue weighted by Gasteiger charge is 2.61. The zero-order valence-corrected chi connectivity index (χ0v) is 26.6. The minimum atomic E-state index is -1.49. The lowest BCUT2D eigenvalue weighted by molar-refractivity contribution is -0.146. The molecule has 4 rings (SSSR count). The Morgan fingerprint density at radius 2 is 1.93 bits per heavy atom. The van der Waals surface area contributed by atoms with Crippen molar-refractivity contribution in [2.45, 2.75) is 83.6 Å². The molecule has 1 saturated carbocycles. The molecule has 15 heteroatoms. The van der Waals surface area contributed by atoms with Gasteiger partial charge in [-0.2, -0.15) is 4.80 Å². The second kappa shape index (κ2) is 11.7. The van der Waals surface area contributed by atoms with Crippen molar-refractivity contribution in [2.75, 3.05) is 6.54 Å². The van der Waals surface area contributed by atoms with Gasteiger partial charge in [-0.15, -0.1) is 16.8 Å². The number of pyridine rings is 1. The van der Waals surface area contributed by atoms with E-state index in [9.17, 15) is 24.3 Å². The number of nitrogens with one attached hydrogen (secondary N) is 2. The normalized spacial score (nSPS) is 24.2. The van der Waals surface area contributed by atoms with Crippen LogP contribution in [0.3, 0.4) is 0 Å². The zero-order valence-electron chi connectivity index (χ0n) is 25.0.